The van der Waals surface area contributed by atoms with Crippen molar-refractivity contribution in [1.29, 1.82) is 0 Å². The van der Waals surface area contributed by atoms with Gasteiger partial charge in [-0.2, -0.15) is 0 Å². The van der Waals surface area contributed by atoms with Gasteiger partial charge >= 0.3 is 11.8 Å². The third-order valence-corrected chi connectivity index (χ3v) is 2.52. The Kier molecular flexibility index (Phi) is 5.11. The molecule has 0 bridgehead atoms. The van der Waals surface area contributed by atoms with E-state index in [4.69, 9.17) is 4.42 Å². The normalized spacial score (nSPS) is 13.9. The number of carbonyl (C=O) groups is 2. The molecule has 0 aliphatic rings. The number of furan rings is 1. The lowest BCUT2D eigenvalue weighted by Gasteiger charge is -2.20. The summed E-state index contributed by atoms with van der Waals surface area (Å²) in [4.78, 5) is 22.9. The second kappa shape index (κ2) is 6.38. The molecule has 106 valence electrons. The molecule has 6 nitrogen and oxygen atoms in total. The molecule has 1 rings (SSSR count). The topological polar surface area (TPSA) is 91.6 Å². The summed E-state index contributed by atoms with van der Waals surface area (Å²) in [7, 11) is 0. The van der Waals surface area contributed by atoms with E-state index >= 15 is 0 Å². The summed E-state index contributed by atoms with van der Waals surface area (Å²) in [6.07, 6.45) is 1.43. The molecule has 0 saturated heterocycles. The van der Waals surface area contributed by atoms with E-state index in [2.05, 4.69) is 10.6 Å². The molecular weight excluding hydrogens is 248 g/mol. The number of amides is 2. The van der Waals surface area contributed by atoms with E-state index in [0.717, 1.165) is 0 Å². The fraction of sp³-hybridized carbons (Fsp3) is 0.538. The summed E-state index contributed by atoms with van der Waals surface area (Å²) < 4.78 is 5.07. The molecule has 0 aliphatic carbocycles. The van der Waals surface area contributed by atoms with Crippen molar-refractivity contribution >= 4 is 11.8 Å². The Balaban J connectivity index is 2.43. The van der Waals surface area contributed by atoms with Crippen LogP contribution in [0.15, 0.2) is 22.8 Å². The molecular formula is C13H20N2O4. The number of rotatable bonds is 5. The van der Waals surface area contributed by atoms with Crippen molar-refractivity contribution in [3.8, 4) is 0 Å². The van der Waals surface area contributed by atoms with Crippen molar-refractivity contribution in [2.45, 2.75) is 26.4 Å². The van der Waals surface area contributed by atoms with Gasteiger partial charge in [-0.05, 0) is 25.0 Å². The molecule has 3 N–H and O–H groups in total. The third-order valence-electron chi connectivity index (χ3n) is 2.52. The van der Waals surface area contributed by atoms with Crippen molar-refractivity contribution in [3.05, 3.63) is 24.2 Å². The van der Waals surface area contributed by atoms with E-state index in [-0.39, 0.29) is 12.5 Å². The third kappa shape index (κ3) is 4.75. The van der Waals surface area contributed by atoms with E-state index in [9.17, 15) is 14.7 Å². The smallest absolute Gasteiger partial charge is 0.309 e. The zero-order valence-corrected chi connectivity index (χ0v) is 11.4. The minimum absolute atomic E-state index is 0.103. The van der Waals surface area contributed by atoms with Crippen LogP contribution in [0.25, 0.3) is 0 Å². The number of carbonyl (C=O) groups excluding carboxylic acids is 2. The molecule has 19 heavy (non-hydrogen) atoms. The molecule has 0 spiro atoms. The maximum atomic E-state index is 11.5. The number of nitrogens with one attached hydrogen (secondary N) is 2. The predicted octanol–water partition coefficient (Wildman–Crippen LogP) is 0.376. The van der Waals surface area contributed by atoms with Crippen LogP contribution in [0.3, 0.4) is 0 Å². The predicted molar refractivity (Wildman–Crippen MR) is 69.1 cm³/mol. The zero-order valence-electron chi connectivity index (χ0n) is 11.4. The van der Waals surface area contributed by atoms with E-state index in [0.29, 0.717) is 12.3 Å². The van der Waals surface area contributed by atoms with Crippen LogP contribution in [0.1, 0.15) is 26.5 Å². The summed E-state index contributed by atoms with van der Waals surface area (Å²) in [6, 6.07) is 3.24. The maximum Gasteiger partial charge on any atom is 0.309 e. The molecule has 0 radical (unpaired) electrons. The standard InChI is InChI=1S/C13H20N2O4/c1-9(2)7-14-11(16)12(17)15-8-13(3,18)10-5-4-6-19-10/h4-6,9,18H,7-8H2,1-3H3,(H,14,16)(H,15,17). The van der Waals surface area contributed by atoms with Crippen molar-refractivity contribution in [2.24, 2.45) is 5.92 Å². The summed E-state index contributed by atoms with van der Waals surface area (Å²) in [5, 5.41) is 15.0. The highest BCUT2D eigenvalue weighted by molar-refractivity contribution is 6.35. The van der Waals surface area contributed by atoms with Gasteiger partial charge in [0.1, 0.15) is 11.4 Å². The van der Waals surface area contributed by atoms with Gasteiger partial charge in [-0.3, -0.25) is 9.59 Å². The SMILES string of the molecule is CC(C)CNC(=O)C(=O)NCC(C)(O)c1ccco1. The lowest BCUT2D eigenvalue weighted by atomic mass is 10.0. The quantitative estimate of drug-likeness (QED) is 0.673. The summed E-state index contributed by atoms with van der Waals surface area (Å²) in [6.45, 7) is 5.69. The van der Waals surface area contributed by atoms with Gasteiger partial charge in [0.2, 0.25) is 0 Å². The molecule has 1 aromatic heterocycles. The van der Waals surface area contributed by atoms with Gasteiger partial charge in [0, 0.05) is 6.54 Å². The fourth-order valence-corrected chi connectivity index (χ4v) is 1.38. The van der Waals surface area contributed by atoms with Crippen LogP contribution >= 0.6 is 0 Å². The van der Waals surface area contributed by atoms with Gasteiger partial charge in [-0.15, -0.1) is 0 Å². The highest BCUT2D eigenvalue weighted by Gasteiger charge is 2.27. The first-order chi connectivity index (χ1) is 8.83. The van der Waals surface area contributed by atoms with Crippen molar-refractivity contribution in [1.82, 2.24) is 10.6 Å². The van der Waals surface area contributed by atoms with E-state index in [1.54, 1.807) is 12.1 Å². The lowest BCUT2D eigenvalue weighted by molar-refractivity contribution is -0.140. The van der Waals surface area contributed by atoms with Crippen LogP contribution in [-0.2, 0) is 15.2 Å². The molecule has 6 heteroatoms. The van der Waals surface area contributed by atoms with Crippen molar-refractivity contribution in [2.75, 3.05) is 13.1 Å². The molecule has 0 saturated carbocycles. The molecule has 0 aliphatic heterocycles. The Morgan fingerprint density at radius 1 is 1.37 bits per heavy atom. The average Bonchev–Trinajstić information content (AvgIpc) is 2.87. The van der Waals surface area contributed by atoms with Gasteiger partial charge in [0.05, 0.1) is 12.8 Å². The Hall–Kier alpha value is -1.82. The van der Waals surface area contributed by atoms with Gasteiger partial charge in [-0.1, -0.05) is 13.8 Å². The minimum atomic E-state index is -1.35. The highest BCUT2D eigenvalue weighted by atomic mass is 16.4. The Labute approximate surface area is 112 Å². The average molecular weight is 268 g/mol. The second-order valence-corrected chi connectivity index (χ2v) is 5.04. The number of hydrogen-bond acceptors (Lipinski definition) is 4. The van der Waals surface area contributed by atoms with Gasteiger partial charge in [0.15, 0.2) is 0 Å². The van der Waals surface area contributed by atoms with E-state index in [1.807, 2.05) is 13.8 Å². The fourth-order valence-electron chi connectivity index (χ4n) is 1.38. The molecule has 0 fully saturated rings. The highest BCUT2D eigenvalue weighted by Crippen LogP contribution is 2.19. The monoisotopic (exact) mass is 268 g/mol. The molecule has 1 unspecified atom stereocenters. The first kappa shape index (κ1) is 15.2. The summed E-state index contributed by atoms with van der Waals surface area (Å²) in [5.41, 5.74) is -1.35. The minimum Gasteiger partial charge on any atom is -0.466 e. The first-order valence-electron chi connectivity index (χ1n) is 6.15. The van der Waals surface area contributed by atoms with Crippen LogP contribution in [0.2, 0.25) is 0 Å². The number of hydrogen-bond donors (Lipinski definition) is 3. The lowest BCUT2D eigenvalue weighted by Crippen LogP contribution is -2.45. The molecule has 1 aromatic rings. The van der Waals surface area contributed by atoms with E-state index in [1.165, 1.54) is 13.2 Å². The summed E-state index contributed by atoms with van der Waals surface area (Å²) in [5.74, 6) is -0.880. The number of aliphatic hydroxyl groups is 1. The summed E-state index contributed by atoms with van der Waals surface area (Å²) >= 11 is 0. The maximum absolute atomic E-state index is 11.5. The van der Waals surface area contributed by atoms with Crippen LogP contribution in [0.5, 0.6) is 0 Å². The molecule has 0 aromatic carbocycles. The van der Waals surface area contributed by atoms with Crippen molar-refractivity contribution in [3.63, 3.8) is 0 Å². The molecule has 1 atom stereocenters. The van der Waals surface area contributed by atoms with Gasteiger partial charge in [0.25, 0.3) is 0 Å². The Morgan fingerprint density at radius 2 is 2.00 bits per heavy atom. The molecule has 1 heterocycles. The Bertz CT molecular complexity index is 424. The zero-order chi connectivity index (χ0) is 14.5. The van der Waals surface area contributed by atoms with Gasteiger partial charge < -0.3 is 20.2 Å². The van der Waals surface area contributed by atoms with Crippen LogP contribution < -0.4 is 10.6 Å². The largest absolute Gasteiger partial charge is 0.466 e. The first-order valence-corrected chi connectivity index (χ1v) is 6.15. The van der Waals surface area contributed by atoms with Crippen molar-refractivity contribution < 1.29 is 19.1 Å². The van der Waals surface area contributed by atoms with Gasteiger partial charge in [-0.25, -0.2) is 0 Å². The van der Waals surface area contributed by atoms with Crippen LogP contribution in [-0.4, -0.2) is 30.0 Å². The Morgan fingerprint density at radius 3 is 2.53 bits per heavy atom. The second-order valence-electron chi connectivity index (χ2n) is 5.04. The molecule has 2 amide bonds. The van der Waals surface area contributed by atoms with Crippen LogP contribution in [0, 0.1) is 5.92 Å². The van der Waals surface area contributed by atoms with Crippen LogP contribution in [0.4, 0.5) is 0 Å². The van der Waals surface area contributed by atoms with E-state index < -0.39 is 17.4 Å².